The summed E-state index contributed by atoms with van der Waals surface area (Å²) >= 11 is 0. The fourth-order valence-corrected chi connectivity index (χ4v) is 2.22. The lowest BCUT2D eigenvalue weighted by atomic mass is 9.94. The van der Waals surface area contributed by atoms with Crippen LogP contribution in [0.4, 0.5) is 0 Å². The molecule has 1 aliphatic carbocycles. The Morgan fingerprint density at radius 2 is 1.65 bits per heavy atom. The van der Waals surface area contributed by atoms with Gasteiger partial charge in [-0.25, -0.2) is 0 Å². The first-order valence-electron chi connectivity index (χ1n) is 7.25. The van der Waals surface area contributed by atoms with Crippen LogP contribution in [-0.2, 0) is 4.79 Å². The molecule has 0 amide bonds. The van der Waals surface area contributed by atoms with Crippen molar-refractivity contribution in [2.45, 2.75) is 65.2 Å². The summed E-state index contributed by atoms with van der Waals surface area (Å²) in [5.74, 6) is 0.384. The highest BCUT2D eigenvalue weighted by molar-refractivity contribution is 5.95. The number of unbranched alkanes of at least 4 members (excludes halogenated alkanes) is 2. The van der Waals surface area contributed by atoms with Gasteiger partial charge >= 0.3 is 0 Å². The number of hydrogen-bond donors (Lipinski definition) is 0. The van der Waals surface area contributed by atoms with Crippen molar-refractivity contribution < 1.29 is 4.79 Å². The summed E-state index contributed by atoms with van der Waals surface area (Å²) in [5.41, 5.74) is 1.07. The lowest BCUT2D eigenvalue weighted by Crippen LogP contribution is -2.22. The van der Waals surface area contributed by atoms with Crippen LogP contribution in [0.25, 0.3) is 0 Å². The third-order valence-electron chi connectivity index (χ3n) is 3.39. The second-order valence-electron chi connectivity index (χ2n) is 5.03. The molecule has 0 aliphatic heterocycles. The maximum Gasteiger partial charge on any atom is 0.160 e. The molecule has 0 heterocycles. The Hall–Kier alpha value is -0.790. The first kappa shape index (κ1) is 14.3. The number of hydrogen-bond acceptors (Lipinski definition) is 2. The maximum atomic E-state index is 11.8. The molecule has 1 aliphatic rings. The van der Waals surface area contributed by atoms with Gasteiger partial charge in [-0.3, -0.25) is 4.79 Å². The molecule has 2 heteroatoms. The Morgan fingerprint density at radius 1 is 1.06 bits per heavy atom. The molecule has 0 aromatic heterocycles. The normalized spacial score (nSPS) is 18.7. The Kier molecular flexibility index (Phi) is 6.99. The zero-order chi connectivity index (χ0) is 12.5. The molecule has 0 aromatic rings. The van der Waals surface area contributed by atoms with Crippen LogP contribution >= 0.6 is 0 Å². The van der Waals surface area contributed by atoms with Crippen molar-refractivity contribution in [2.24, 2.45) is 0 Å². The van der Waals surface area contributed by atoms with Crippen molar-refractivity contribution in [3.8, 4) is 0 Å². The smallest absolute Gasteiger partial charge is 0.160 e. The molecule has 0 saturated heterocycles. The molecule has 0 atom stereocenters. The van der Waals surface area contributed by atoms with Crippen molar-refractivity contribution in [3.63, 3.8) is 0 Å². The molecule has 17 heavy (non-hydrogen) atoms. The molecule has 98 valence electrons. The van der Waals surface area contributed by atoms with Crippen LogP contribution in [0, 0.1) is 0 Å². The fraction of sp³-hybridized carbons (Fsp3) is 0.800. The van der Waals surface area contributed by atoms with E-state index in [2.05, 4.69) is 24.9 Å². The standard InChI is InChI=1S/C15H27NO/c1-3-5-11-16(12-6-4-2)13-14-9-7-8-10-15(14)17/h13H,3-12H2,1-2H3/b14-13+. The van der Waals surface area contributed by atoms with E-state index >= 15 is 0 Å². The fourth-order valence-electron chi connectivity index (χ4n) is 2.22. The minimum atomic E-state index is 0.384. The number of Topliss-reactive ketones (excluding diaryl/α,β-unsaturated/α-hetero) is 1. The second kappa shape index (κ2) is 8.32. The Bertz CT molecular complexity index is 250. The van der Waals surface area contributed by atoms with Gasteiger partial charge in [0.25, 0.3) is 0 Å². The Morgan fingerprint density at radius 3 is 2.18 bits per heavy atom. The van der Waals surface area contributed by atoms with Gasteiger partial charge in [-0.2, -0.15) is 0 Å². The third-order valence-corrected chi connectivity index (χ3v) is 3.39. The number of carbonyl (C=O) groups is 1. The van der Waals surface area contributed by atoms with E-state index in [1.54, 1.807) is 0 Å². The predicted octanol–water partition coefficient (Wildman–Crippen LogP) is 3.92. The lowest BCUT2D eigenvalue weighted by Gasteiger charge is -2.23. The summed E-state index contributed by atoms with van der Waals surface area (Å²) in [6, 6.07) is 0. The zero-order valence-corrected chi connectivity index (χ0v) is 11.5. The number of carbonyl (C=O) groups excluding carboxylic acids is 1. The molecule has 1 rings (SSSR count). The largest absolute Gasteiger partial charge is 0.377 e. The molecule has 0 N–H and O–H groups in total. The summed E-state index contributed by atoms with van der Waals surface area (Å²) < 4.78 is 0. The number of allylic oxidation sites excluding steroid dienone is 1. The van der Waals surface area contributed by atoms with E-state index in [-0.39, 0.29) is 0 Å². The third kappa shape index (κ3) is 5.38. The van der Waals surface area contributed by atoms with Crippen LogP contribution in [-0.4, -0.2) is 23.8 Å². The van der Waals surface area contributed by atoms with Crippen LogP contribution in [0.3, 0.4) is 0 Å². The van der Waals surface area contributed by atoms with Crippen LogP contribution in [0.5, 0.6) is 0 Å². The molecule has 0 bridgehead atoms. The van der Waals surface area contributed by atoms with Gasteiger partial charge in [0.2, 0.25) is 0 Å². The van der Waals surface area contributed by atoms with E-state index in [9.17, 15) is 4.79 Å². The van der Waals surface area contributed by atoms with E-state index in [4.69, 9.17) is 0 Å². The average molecular weight is 237 g/mol. The van der Waals surface area contributed by atoms with Gasteiger partial charge in [-0.05, 0) is 32.1 Å². The number of nitrogens with zero attached hydrogens (tertiary/aromatic N) is 1. The van der Waals surface area contributed by atoms with Gasteiger partial charge in [0.15, 0.2) is 5.78 Å². The highest BCUT2D eigenvalue weighted by Crippen LogP contribution is 2.20. The molecule has 0 spiro atoms. The minimum absolute atomic E-state index is 0.384. The molecule has 0 radical (unpaired) electrons. The second-order valence-corrected chi connectivity index (χ2v) is 5.03. The Balaban J connectivity index is 2.54. The van der Waals surface area contributed by atoms with E-state index in [1.165, 1.54) is 32.1 Å². The summed E-state index contributed by atoms with van der Waals surface area (Å²) in [6.45, 7) is 6.65. The molecule has 2 nitrogen and oxygen atoms in total. The molecule has 0 unspecified atom stereocenters. The number of ketones is 1. The highest BCUT2D eigenvalue weighted by atomic mass is 16.1. The van der Waals surface area contributed by atoms with E-state index in [1.807, 2.05) is 0 Å². The van der Waals surface area contributed by atoms with Gasteiger partial charge in [0.1, 0.15) is 0 Å². The van der Waals surface area contributed by atoms with Gasteiger partial charge in [0, 0.05) is 31.3 Å². The minimum Gasteiger partial charge on any atom is -0.377 e. The summed E-state index contributed by atoms with van der Waals surface area (Å²) in [4.78, 5) is 14.1. The van der Waals surface area contributed by atoms with Crippen molar-refractivity contribution >= 4 is 5.78 Å². The zero-order valence-electron chi connectivity index (χ0n) is 11.5. The van der Waals surface area contributed by atoms with Crippen molar-refractivity contribution in [2.75, 3.05) is 13.1 Å². The van der Waals surface area contributed by atoms with Gasteiger partial charge < -0.3 is 4.90 Å². The molecule has 0 aromatic carbocycles. The van der Waals surface area contributed by atoms with Crippen LogP contribution in [0.1, 0.15) is 65.2 Å². The first-order chi connectivity index (χ1) is 8.27. The maximum absolute atomic E-state index is 11.8. The molecular weight excluding hydrogens is 210 g/mol. The van der Waals surface area contributed by atoms with Gasteiger partial charge in [0.05, 0.1) is 0 Å². The quantitative estimate of drug-likeness (QED) is 0.626. The number of rotatable bonds is 7. The topological polar surface area (TPSA) is 20.3 Å². The molecule has 1 fully saturated rings. The average Bonchev–Trinajstić information content (AvgIpc) is 2.35. The van der Waals surface area contributed by atoms with Crippen molar-refractivity contribution in [1.82, 2.24) is 4.90 Å². The predicted molar refractivity (Wildman–Crippen MR) is 72.9 cm³/mol. The lowest BCUT2D eigenvalue weighted by molar-refractivity contribution is -0.116. The van der Waals surface area contributed by atoms with E-state index in [0.29, 0.717) is 5.78 Å². The summed E-state index contributed by atoms with van der Waals surface area (Å²) in [7, 11) is 0. The molecular formula is C15H27NO. The van der Waals surface area contributed by atoms with Gasteiger partial charge in [-0.15, -0.1) is 0 Å². The van der Waals surface area contributed by atoms with Crippen LogP contribution in [0.2, 0.25) is 0 Å². The first-order valence-corrected chi connectivity index (χ1v) is 7.25. The highest BCUT2D eigenvalue weighted by Gasteiger charge is 2.15. The van der Waals surface area contributed by atoms with Crippen LogP contribution in [0.15, 0.2) is 11.8 Å². The SMILES string of the molecule is CCCCN(/C=C1\CCCCC1=O)CCCC. The van der Waals surface area contributed by atoms with Crippen molar-refractivity contribution in [1.29, 1.82) is 0 Å². The monoisotopic (exact) mass is 237 g/mol. The summed E-state index contributed by atoms with van der Waals surface area (Å²) in [6.07, 6.45) is 11.1. The van der Waals surface area contributed by atoms with Gasteiger partial charge in [-0.1, -0.05) is 26.7 Å². The summed E-state index contributed by atoms with van der Waals surface area (Å²) in [5, 5.41) is 0. The van der Waals surface area contributed by atoms with E-state index in [0.717, 1.165) is 37.9 Å². The van der Waals surface area contributed by atoms with Crippen molar-refractivity contribution in [3.05, 3.63) is 11.8 Å². The molecule has 1 saturated carbocycles. The van der Waals surface area contributed by atoms with E-state index < -0.39 is 0 Å². The Labute approximate surface area is 106 Å². The van der Waals surface area contributed by atoms with Crippen LogP contribution < -0.4 is 0 Å².